The summed E-state index contributed by atoms with van der Waals surface area (Å²) in [5.41, 5.74) is -0.699. The molecule has 0 aromatic heterocycles. The number of allylic oxidation sites excluding steroid dienone is 1. The van der Waals surface area contributed by atoms with E-state index >= 15 is 0 Å². The predicted molar refractivity (Wildman–Crippen MR) is 145 cm³/mol. The van der Waals surface area contributed by atoms with Gasteiger partial charge in [-0.1, -0.05) is 59.5 Å². The molecule has 0 bridgehead atoms. The largest absolute Gasteiger partial charge is 0.294 e. The number of nitriles is 4. The summed E-state index contributed by atoms with van der Waals surface area (Å²) < 4.78 is 0. The van der Waals surface area contributed by atoms with Crippen molar-refractivity contribution >= 4 is 5.78 Å². The van der Waals surface area contributed by atoms with Crippen molar-refractivity contribution in [1.82, 2.24) is 0 Å². The zero-order chi connectivity index (χ0) is 27.9. The molecule has 0 aliphatic heterocycles. The molecule has 3 saturated carbocycles. The number of fused-ring (bicyclic) bond motifs is 5. The third kappa shape index (κ3) is 4.28. The van der Waals surface area contributed by atoms with Crippen molar-refractivity contribution in [2.45, 2.75) is 98.8 Å². The summed E-state index contributed by atoms with van der Waals surface area (Å²) in [4.78, 5) is 13.3. The molecule has 0 unspecified atom stereocenters. The average Bonchev–Trinajstić information content (AvgIpc) is 3.24. The SMILES string of the molecule is CC(C)CCC[C@H](C)[C@H]1CC[C@H]2[C@@H]3CCC4=CC(=O)[C@H](C(C#N)(C#N)C(C#N)C#N)C[C@]4(C)[C@H]3CC[C@]12C. The van der Waals surface area contributed by atoms with Gasteiger partial charge in [-0.3, -0.25) is 4.79 Å². The molecule has 0 N–H and O–H groups in total. The highest BCUT2D eigenvalue weighted by Gasteiger charge is 2.62. The zero-order valence-corrected chi connectivity index (χ0v) is 24.0. The molecule has 202 valence electrons. The van der Waals surface area contributed by atoms with Crippen molar-refractivity contribution < 1.29 is 4.79 Å². The molecular formula is C33H44N4O. The quantitative estimate of drug-likeness (QED) is 0.350. The van der Waals surface area contributed by atoms with E-state index in [1.54, 1.807) is 6.08 Å². The molecule has 4 rings (SSSR count). The maximum absolute atomic E-state index is 13.3. The number of nitrogens with zero attached hydrogens (tertiary/aromatic N) is 4. The minimum atomic E-state index is -1.94. The monoisotopic (exact) mass is 512 g/mol. The molecule has 0 aromatic rings. The number of ketones is 1. The van der Waals surface area contributed by atoms with Crippen molar-refractivity contribution in [2.75, 3.05) is 0 Å². The molecule has 5 heteroatoms. The lowest BCUT2D eigenvalue weighted by Gasteiger charge is -2.59. The van der Waals surface area contributed by atoms with E-state index in [0.717, 1.165) is 42.6 Å². The Morgan fingerprint density at radius 2 is 1.66 bits per heavy atom. The van der Waals surface area contributed by atoms with Gasteiger partial charge in [0.05, 0.1) is 30.2 Å². The highest BCUT2D eigenvalue weighted by atomic mass is 16.1. The fourth-order valence-electron chi connectivity index (χ4n) is 9.80. The van der Waals surface area contributed by atoms with Crippen LogP contribution in [0.1, 0.15) is 98.8 Å². The second kappa shape index (κ2) is 10.5. The Labute approximate surface area is 229 Å². The summed E-state index contributed by atoms with van der Waals surface area (Å²) in [6.45, 7) is 11.9. The van der Waals surface area contributed by atoms with Crippen LogP contribution in [0.4, 0.5) is 0 Å². The van der Waals surface area contributed by atoms with Crippen LogP contribution < -0.4 is 0 Å². The fourth-order valence-corrected chi connectivity index (χ4v) is 9.80. The van der Waals surface area contributed by atoms with Crippen LogP contribution in [0.15, 0.2) is 11.6 Å². The lowest BCUT2D eigenvalue weighted by atomic mass is 9.44. The van der Waals surface area contributed by atoms with Gasteiger partial charge in [-0.05, 0) is 97.4 Å². The molecule has 8 atom stereocenters. The molecule has 0 aromatic carbocycles. The Balaban J connectivity index is 1.61. The Kier molecular flexibility index (Phi) is 7.84. The van der Waals surface area contributed by atoms with Crippen LogP contribution in [0.5, 0.6) is 0 Å². The summed E-state index contributed by atoms with van der Waals surface area (Å²) in [7, 11) is 0. The second-order valence-electron chi connectivity index (χ2n) is 14.0. The summed E-state index contributed by atoms with van der Waals surface area (Å²) in [6, 6.07) is 7.65. The Morgan fingerprint density at radius 1 is 0.974 bits per heavy atom. The van der Waals surface area contributed by atoms with Crippen LogP contribution in [0, 0.1) is 109 Å². The van der Waals surface area contributed by atoms with E-state index in [9.17, 15) is 25.8 Å². The summed E-state index contributed by atoms with van der Waals surface area (Å²) in [5, 5.41) is 39.4. The number of hydrogen-bond acceptors (Lipinski definition) is 5. The van der Waals surface area contributed by atoms with Gasteiger partial charge < -0.3 is 0 Å². The first-order valence-corrected chi connectivity index (χ1v) is 14.9. The molecule has 5 nitrogen and oxygen atoms in total. The standard InChI is InChI=1S/C33H44N4O/c1-21(2)7-6-8-22(3)26-11-12-27-25-10-9-23-15-30(38)29(33(19-36,20-37)24(17-34)18-35)16-32(23,5)28(25)13-14-31(26,27)4/h15,21-22,24-29H,6-14,16H2,1-5H3/t22-,25-,26+,27-,28-,29+,31+,32-/m0/s1. The first-order valence-electron chi connectivity index (χ1n) is 14.9. The lowest BCUT2D eigenvalue weighted by Crippen LogP contribution is -2.54. The van der Waals surface area contributed by atoms with Gasteiger partial charge in [0.2, 0.25) is 0 Å². The highest BCUT2D eigenvalue weighted by molar-refractivity contribution is 5.95. The van der Waals surface area contributed by atoms with Crippen LogP contribution in [0.25, 0.3) is 0 Å². The minimum Gasteiger partial charge on any atom is -0.294 e. The predicted octanol–water partition coefficient (Wildman–Crippen LogP) is 7.52. The van der Waals surface area contributed by atoms with E-state index in [1.165, 1.54) is 38.5 Å². The van der Waals surface area contributed by atoms with Crippen LogP contribution in [0.3, 0.4) is 0 Å². The highest BCUT2D eigenvalue weighted by Crippen LogP contribution is 2.68. The van der Waals surface area contributed by atoms with Crippen molar-refractivity contribution in [1.29, 1.82) is 21.0 Å². The first-order chi connectivity index (χ1) is 18.0. The van der Waals surface area contributed by atoms with Gasteiger partial charge >= 0.3 is 0 Å². The molecule has 38 heavy (non-hydrogen) atoms. The van der Waals surface area contributed by atoms with Crippen LogP contribution >= 0.6 is 0 Å². The van der Waals surface area contributed by atoms with E-state index in [0.29, 0.717) is 29.6 Å². The maximum Gasteiger partial charge on any atom is 0.182 e. The summed E-state index contributed by atoms with van der Waals surface area (Å²) in [6.07, 6.45) is 12.9. The maximum atomic E-state index is 13.3. The number of hydrogen-bond donors (Lipinski definition) is 0. The summed E-state index contributed by atoms with van der Waals surface area (Å²) in [5.74, 6) is 1.28. The molecule has 0 spiro atoms. The van der Waals surface area contributed by atoms with Gasteiger partial charge in [0.1, 0.15) is 0 Å². The molecular weight excluding hydrogens is 468 g/mol. The van der Waals surface area contributed by atoms with Crippen molar-refractivity contribution in [2.24, 2.45) is 63.6 Å². The van der Waals surface area contributed by atoms with E-state index in [2.05, 4.69) is 34.6 Å². The number of carbonyl (C=O) groups excluding carboxylic acids is 1. The van der Waals surface area contributed by atoms with Crippen LogP contribution in [0.2, 0.25) is 0 Å². The number of rotatable bonds is 7. The normalized spacial score (nSPS) is 37.1. The third-order valence-corrected chi connectivity index (χ3v) is 11.9. The number of carbonyl (C=O) groups is 1. The van der Waals surface area contributed by atoms with E-state index < -0.39 is 17.3 Å². The molecule has 0 saturated heterocycles. The fraction of sp³-hybridized carbons (Fsp3) is 0.788. The van der Waals surface area contributed by atoms with Crippen molar-refractivity contribution in [3.05, 3.63) is 11.6 Å². The van der Waals surface area contributed by atoms with Gasteiger partial charge in [-0.25, -0.2) is 0 Å². The van der Waals surface area contributed by atoms with E-state index in [4.69, 9.17) is 0 Å². The van der Waals surface area contributed by atoms with Crippen molar-refractivity contribution in [3.8, 4) is 24.3 Å². The second-order valence-corrected chi connectivity index (χ2v) is 14.0. The molecule has 0 amide bonds. The van der Waals surface area contributed by atoms with E-state index in [-0.39, 0.29) is 11.2 Å². The van der Waals surface area contributed by atoms with Gasteiger partial charge in [0, 0.05) is 0 Å². The molecule has 4 aliphatic carbocycles. The smallest absolute Gasteiger partial charge is 0.182 e. The molecule has 3 fully saturated rings. The van der Waals surface area contributed by atoms with Gasteiger partial charge in [-0.15, -0.1) is 0 Å². The van der Waals surface area contributed by atoms with Crippen molar-refractivity contribution in [3.63, 3.8) is 0 Å². The Hall–Kier alpha value is -2.63. The van der Waals surface area contributed by atoms with E-state index in [1.807, 2.05) is 24.3 Å². The van der Waals surface area contributed by atoms with Crippen LogP contribution in [-0.2, 0) is 4.79 Å². The summed E-state index contributed by atoms with van der Waals surface area (Å²) >= 11 is 0. The van der Waals surface area contributed by atoms with Gasteiger partial charge in [0.25, 0.3) is 0 Å². The topological polar surface area (TPSA) is 112 Å². The van der Waals surface area contributed by atoms with Gasteiger partial charge in [-0.2, -0.15) is 21.0 Å². The minimum absolute atomic E-state index is 0.258. The lowest BCUT2D eigenvalue weighted by molar-refractivity contribution is -0.126. The molecule has 0 heterocycles. The molecule has 4 aliphatic rings. The first kappa shape index (κ1) is 28.4. The Bertz CT molecular complexity index is 1110. The van der Waals surface area contributed by atoms with Crippen LogP contribution in [-0.4, -0.2) is 5.78 Å². The zero-order valence-electron chi connectivity index (χ0n) is 24.0. The van der Waals surface area contributed by atoms with Gasteiger partial charge in [0.15, 0.2) is 17.1 Å². The third-order valence-electron chi connectivity index (χ3n) is 11.9. The Morgan fingerprint density at radius 3 is 2.26 bits per heavy atom. The average molecular weight is 513 g/mol. The molecule has 0 radical (unpaired) electrons.